The molecule has 0 bridgehead atoms. The van der Waals surface area contributed by atoms with E-state index < -0.39 is 17.5 Å². The molecule has 0 unspecified atom stereocenters. The van der Waals surface area contributed by atoms with Crippen LogP contribution in [0, 0.1) is 5.95 Å². The summed E-state index contributed by atoms with van der Waals surface area (Å²) in [5.74, 6) is -1.28. The molecule has 0 radical (unpaired) electrons. The van der Waals surface area contributed by atoms with E-state index in [1.165, 1.54) is 22.2 Å². The quantitative estimate of drug-likeness (QED) is 0.379. The van der Waals surface area contributed by atoms with Gasteiger partial charge in [0.25, 0.3) is 0 Å². The maximum atomic E-state index is 13.4. The molecule has 9 heteroatoms. The number of hydrogen-bond acceptors (Lipinski definition) is 6. The van der Waals surface area contributed by atoms with Crippen molar-refractivity contribution < 1.29 is 18.7 Å². The molecule has 4 aromatic rings. The average Bonchev–Trinajstić information content (AvgIpc) is 3.18. The van der Waals surface area contributed by atoms with Crippen molar-refractivity contribution in [3.63, 3.8) is 0 Å². The number of aromatic nitrogens is 5. The Kier molecular flexibility index (Phi) is 4.60. The van der Waals surface area contributed by atoms with Crippen LogP contribution in [-0.2, 0) is 16.1 Å². The molecule has 154 valence electrons. The third-order valence-electron chi connectivity index (χ3n) is 4.40. The second-order valence-corrected chi connectivity index (χ2v) is 7.99. The number of nitrogens with zero attached hydrogens (tertiary/aromatic N) is 5. The van der Waals surface area contributed by atoms with Crippen molar-refractivity contribution in [3.05, 3.63) is 48.3 Å². The SMILES string of the molecule is CC(=O)c1nn(CC(=O)OC(C)(C)C)c2ccc(-c3cnc4cc(F)nn4c3)cc12. The lowest BCUT2D eigenvalue weighted by Gasteiger charge is -2.19. The minimum atomic E-state index is -0.617. The monoisotopic (exact) mass is 409 g/mol. The van der Waals surface area contributed by atoms with Crippen molar-refractivity contribution in [3.8, 4) is 11.1 Å². The summed E-state index contributed by atoms with van der Waals surface area (Å²) < 4.78 is 21.5. The number of ether oxygens (including phenoxy) is 1. The number of carbonyl (C=O) groups is 2. The van der Waals surface area contributed by atoms with Crippen molar-refractivity contribution in [2.24, 2.45) is 0 Å². The van der Waals surface area contributed by atoms with Crippen LogP contribution in [0.15, 0.2) is 36.7 Å². The fraction of sp³-hybridized carbons (Fsp3) is 0.286. The Balaban J connectivity index is 1.76. The van der Waals surface area contributed by atoms with Crippen LogP contribution in [-0.4, -0.2) is 41.7 Å². The van der Waals surface area contributed by atoms with Crippen LogP contribution in [0.2, 0.25) is 0 Å². The number of esters is 1. The highest BCUT2D eigenvalue weighted by Gasteiger charge is 2.20. The van der Waals surface area contributed by atoms with Gasteiger partial charge in [-0.2, -0.15) is 9.49 Å². The maximum absolute atomic E-state index is 13.4. The molecule has 0 aliphatic carbocycles. The van der Waals surface area contributed by atoms with Crippen molar-refractivity contribution in [1.29, 1.82) is 0 Å². The Morgan fingerprint density at radius 2 is 1.90 bits per heavy atom. The van der Waals surface area contributed by atoms with E-state index in [2.05, 4.69) is 15.2 Å². The van der Waals surface area contributed by atoms with Crippen LogP contribution in [0.1, 0.15) is 38.2 Å². The highest BCUT2D eigenvalue weighted by Crippen LogP contribution is 2.27. The molecule has 3 aromatic heterocycles. The molecular weight excluding hydrogens is 389 g/mol. The molecule has 4 rings (SSSR count). The van der Waals surface area contributed by atoms with Gasteiger partial charge >= 0.3 is 5.97 Å². The van der Waals surface area contributed by atoms with Gasteiger partial charge in [-0.15, -0.1) is 5.10 Å². The first kappa shape index (κ1) is 19.7. The second-order valence-electron chi connectivity index (χ2n) is 7.99. The van der Waals surface area contributed by atoms with E-state index in [9.17, 15) is 14.0 Å². The Morgan fingerprint density at radius 1 is 1.13 bits per heavy atom. The van der Waals surface area contributed by atoms with E-state index in [-0.39, 0.29) is 18.0 Å². The van der Waals surface area contributed by atoms with E-state index >= 15 is 0 Å². The van der Waals surface area contributed by atoms with E-state index in [1.54, 1.807) is 45.3 Å². The summed E-state index contributed by atoms with van der Waals surface area (Å²) >= 11 is 0. The molecule has 0 spiro atoms. The fourth-order valence-electron chi connectivity index (χ4n) is 3.23. The molecule has 1 aromatic carbocycles. The summed E-state index contributed by atoms with van der Waals surface area (Å²) in [7, 11) is 0. The van der Waals surface area contributed by atoms with Crippen LogP contribution in [0.5, 0.6) is 0 Å². The van der Waals surface area contributed by atoms with E-state index in [0.29, 0.717) is 22.1 Å². The minimum Gasteiger partial charge on any atom is -0.459 e. The summed E-state index contributed by atoms with van der Waals surface area (Å²) in [4.78, 5) is 28.6. The second kappa shape index (κ2) is 7.01. The van der Waals surface area contributed by atoms with Crippen molar-refractivity contribution in [1.82, 2.24) is 24.4 Å². The van der Waals surface area contributed by atoms with Gasteiger partial charge in [0.15, 0.2) is 11.4 Å². The summed E-state index contributed by atoms with van der Waals surface area (Å²) in [6.45, 7) is 6.67. The number of ketones is 1. The first-order valence-corrected chi connectivity index (χ1v) is 9.35. The summed E-state index contributed by atoms with van der Waals surface area (Å²) in [6.07, 6.45) is 3.27. The van der Waals surface area contributed by atoms with Gasteiger partial charge in [0.2, 0.25) is 5.95 Å². The summed E-state index contributed by atoms with van der Waals surface area (Å²) in [6, 6.07) is 6.64. The molecule has 30 heavy (non-hydrogen) atoms. The summed E-state index contributed by atoms with van der Waals surface area (Å²) in [5, 5.41) is 8.68. The molecular formula is C21H20FN5O3. The molecule has 0 amide bonds. The number of Topliss-reactive ketones (excluding diaryl/α,β-unsaturated/α-hetero) is 1. The molecule has 3 heterocycles. The van der Waals surface area contributed by atoms with Gasteiger partial charge in [-0.05, 0) is 38.5 Å². The maximum Gasteiger partial charge on any atom is 0.328 e. The van der Waals surface area contributed by atoms with Crippen LogP contribution in [0.3, 0.4) is 0 Å². The predicted octanol–water partition coefficient (Wildman–Crippen LogP) is 3.43. The van der Waals surface area contributed by atoms with Gasteiger partial charge in [0.05, 0.1) is 5.52 Å². The lowest BCUT2D eigenvalue weighted by molar-refractivity contribution is -0.155. The zero-order valence-electron chi connectivity index (χ0n) is 17.0. The Bertz CT molecular complexity index is 1300. The number of rotatable bonds is 4. The van der Waals surface area contributed by atoms with E-state index in [1.807, 2.05) is 6.07 Å². The Morgan fingerprint density at radius 3 is 2.60 bits per heavy atom. The molecule has 0 saturated heterocycles. The fourth-order valence-corrected chi connectivity index (χ4v) is 3.23. The van der Waals surface area contributed by atoms with Crippen LogP contribution in [0.4, 0.5) is 4.39 Å². The van der Waals surface area contributed by atoms with Crippen molar-refractivity contribution in [2.45, 2.75) is 39.8 Å². The minimum absolute atomic E-state index is 0.111. The van der Waals surface area contributed by atoms with Gasteiger partial charge in [0, 0.05) is 36.3 Å². The normalized spacial score (nSPS) is 11.9. The van der Waals surface area contributed by atoms with Crippen LogP contribution < -0.4 is 0 Å². The third kappa shape index (κ3) is 3.78. The molecule has 0 N–H and O–H groups in total. The zero-order chi connectivity index (χ0) is 21.6. The third-order valence-corrected chi connectivity index (χ3v) is 4.40. The van der Waals surface area contributed by atoms with Crippen molar-refractivity contribution >= 4 is 28.3 Å². The Labute approximate surface area is 171 Å². The van der Waals surface area contributed by atoms with Gasteiger partial charge in [-0.3, -0.25) is 14.3 Å². The lowest BCUT2D eigenvalue weighted by Crippen LogP contribution is -2.26. The van der Waals surface area contributed by atoms with Gasteiger partial charge in [0.1, 0.15) is 17.8 Å². The van der Waals surface area contributed by atoms with Crippen LogP contribution in [0.25, 0.3) is 27.7 Å². The molecule has 0 aliphatic heterocycles. The van der Waals surface area contributed by atoms with Gasteiger partial charge < -0.3 is 4.74 Å². The largest absolute Gasteiger partial charge is 0.459 e. The molecule has 0 atom stereocenters. The van der Waals surface area contributed by atoms with E-state index in [4.69, 9.17) is 4.74 Å². The van der Waals surface area contributed by atoms with Crippen LogP contribution >= 0.6 is 0 Å². The number of halogens is 1. The molecule has 0 fully saturated rings. The standard InChI is InChI=1S/C21H20FN5O3/c1-12(28)20-15-7-13(14-9-23-18-8-17(22)24-27(18)10-14)5-6-16(15)26(25-20)11-19(29)30-21(2,3)4/h5-10H,11H2,1-4H3. The van der Waals surface area contributed by atoms with E-state index in [0.717, 1.165) is 5.56 Å². The lowest BCUT2D eigenvalue weighted by atomic mass is 10.0. The molecule has 8 nitrogen and oxygen atoms in total. The smallest absolute Gasteiger partial charge is 0.328 e. The highest BCUT2D eigenvalue weighted by atomic mass is 19.1. The highest BCUT2D eigenvalue weighted by molar-refractivity contribution is 6.06. The number of carbonyl (C=O) groups excluding carboxylic acids is 2. The summed E-state index contributed by atoms with van der Waals surface area (Å²) in [5.41, 5.74) is 2.12. The molecule has 0 saturated carbocycles. The van der Waals surface area contributed by atoms with Gasteiger partial charge in [-0.25, -0.2) is 9.50 Å². The molecule has 0 aliphatic rings. The predicted molar refractivity (Wildman–Crippen MR) is 108 cm³/mol. The average molecular weight is 409 g/mol. The Hall–Kier alpha value is -3.62. The van der Waals surface area contributed by atoms with Crippen molar-refractivity contribution in [2.75, 3.05) is 0 Å². The first-order chi connectivity index (χ1) is 14.1. The number of hydrogen-bond donors (Lipinski definition) is 0. The topological polar surface area (TPSA) is 91.4 Å². The zero-order valence-corrected chi connectivity index (χ0v) is 17.0. The first-order valence-electron chi connectivity index (χ1n) is 9.35. The number of benzene rings is 1. The van der Waals surface area contributed by atoms with Gasteiger partial charge in [-0.1, -0.05) is 6.07 Å². The number of fused-ring (bicyclic) bond motifs is 2.